The first-order valence-electron chi connectivity index (χ1n) is 10.5. The third-order valence-corrected chi connectivity index (χ3v) is 7.72. The van der Waals surface area contributed by atoms with E-state index in [1.807, 2.05) is 0 Å². The highest BCUT2D eigenvalue weighted by atomic mass is 15.2. The Kier molecular flexibility index (Phi) is 4.75. The number of hydrogen-bond donors (Lipinski definition) is 0. The maximum atomic E-state index is 2.86. The number of piperidine rings is 2. The Morgan fingerprint density at radius 3 is 1.96 bits per heavy atom. The van der Waals surface area contributed by atoms with Crippen molar-refractivity contribution in [2.75, 3.05) is 11.4 Å². The fourth-order valence-electron chi connectivity index (χ4n) is 5.89. The van der Waals surface area contributed by atoms with Crippen LogP contribution in [0.4, 0.5) is 5.69 Å². The van der Waals surface area contributed by atoms with Gasteiger partial charge in [-0.2, -0.15) is 0 Å². The van der Waals surface area contributed by atoms with Crippen LogP contribution in [-0.4, -0.2) is 12.1 Å². The molecule has 1 nitrogen and oxygen atoms in total. The quantitative estimate of drug-likeness (QED) is 0.571. The number of rotatable bonds is 4. The van der Waals surface area contributed by atoms with Crippen molar-refractivity contribution in [3.05, 3.63) is 29.3 Å². The molecular weight excluding hydrogens is 302 g/mol. The van der Waals surface area contributed by atoms with E-state index >= 15 is 0 Å². The summed E-state index contributed by atoms with van der Waals surface area (Å²) in [6, 6.07) is 7.03. The molecule has 0 aromatic heterocycles. The first kappa shape index (κ1) is 18.8. The van der Waals surface area contributed by atoms with Gasteiger partial charge in [-0.1, -0.05) is 66.7 Å². The molecule has 2 heterocycles. The molecule has 0 spiro atoms. The second-order valence-electron chi connectivity index (χ2n) is 10.2. The van der Waals surface area contributed by atoms with Gasteiger partial charge in [-0.05, 0) is 66.4 Å². The van der Waals surface area contributed by atoms with Gasteiger partial charge in [0, 0.05) is 17.8 Å². The molecule has 0 unspecified atom stereocenters. The van der Waals surface area contributed by atoms with E-state index in [1.54, 1.807) is 16.8 Å². The summed E-state index contributed by atoms with van der Waals surface area (Å²) in [4.78, 5) is 2.86. The summed E-state index contributed by atoms with van der Waals surface area (Å²) in [6.45, 7) is 20.6. The molecule has 0 N–H and O–H groups in total. The fourth-order valence-corrected chi connectivity index (χ4v) is 5.89. The van der Waals surface area contributed by atoms with E-state index in [0.717, 1.165) is 11.8 Å². The van der Waals surface area contributed by atoms with E-state index in [0.29, 0.717) is 22.8 Å². The third kappa shape index (κ3) is 2.82. The predicted molar refractivity (Wildman–Crippen MR) is 111 cm³/mol. The third-order valence-electron chi connectivity index (χ3n) is 7.72. The molecule has 0 amide bonds. The number of benzene rings is 1. The van der Waals surface area contributed by atoms with Crippen LogP contribution in [-0.2, 0) is 0 Å². The van der Waals surface area contributed by atoms with Crippen molar-refractivity contribution in [2.24, 2.45) is 17.3 Å². The van der Waals surface area contributed by atoms with E-state index in [2.05, 4.69) is 78.5 Å². The monoisotopic (exact) mass is 341 g/mol. The lowest BCUT2D eigenvalue weighted by atomic mass is 9.53. The molecule has 140 valence electrons. The minimum atomic E-state index is 0.324. The van der Waals surface area contributed by atoms with Crippen molar-refractivity contribution < 1.29 is 0 Å². The van der Waals surface area contributed by atoms with E-state index < -0.39 is 0 Å². The van der Waals surface area contributed by atoms with E-state index in [-0.39, 0.29) is 0 Å². The average molecular weight is 342 g/mol. The maximum absolute atomic E-state index is 2.86. The Morgan fingerprint density at radius 1 is 0.960 bits per heavy atom. The second kappa shape index (κ2) is 6.32. The summed E-state index contributed by atoms with van der Waals surface area (Å²) in [5.74, 6) is 2.73. The minimum Gasteiger partial charge on any atom is -0.365 e. The van der Waals surface area contributed by atoms with Crippen molar-refractivity contribution in [1.82, 2.24) is 0 Å². The lowest BCUT2D eigenvalue weighted by Crippen LogP contribution is -2.66. The molecule has 1 aliphatic carbocycles. The summed E-state index contributed by atoms with van der Waals surface area (Å²) in [7, 11) is 0. The van der Waals surface area contributed by atoms with E-state index in [1.165, 1.54) is 25.8 Å². The average Bonchev–Trinajstić information content (AvgIpc) is 2.53. The first-order valence-corrected chi connectivity index (χ1v) is 10.5. The van der Waals surface area contributed by atoms with Crippen molar-refractivity contribution in [3.8, 4) is 0 Å². The molecule has 4 rings (SSSR count). The van der Waals surface area contributed by atoms with Gasteiger partial charge in [-0.15, -0.1) is 0 Å². The molecule has 0 radical (unpaired) electrons. The summed E-state index contributed by atoms with van der Waals surface area (Å²) in [6.07, 6.45) is 4.09. The van der Waals surface area contributed by atoms with Gasteiger partial charge in [-0.25, -0.2) is 0 Å². The largest absolute Gasteiger partial charge is 0.365 e. The number of nitrogens with zero attached hydrogens (tertiary/aromatic N) is 1. The summed E-state index contributed by atoms with van der Waals surface area (Å²) < 4.78 is 0. The second-order valence-corrected chi connectivity index (χ2v) is 10.2. The number of hydrogen-bond acceptors (Lipinski definition) is 1. The maximum Gasteiger partial charge on any atom is 0.0441 e. The van der Waals surface area contributed by atoms with Gasteiger partial charge in [0.1, 0.15) is 0 Å². The predicted octanol–water partition coefficient (Wildman–Crippen LogP) is 6.97. The highest BCUT2D eigenvalue weighted by molar-refractivity contribution is 5.64. The Labute approximate surface area is 156 Å². The van der Waals surface area contributed by atoms with Gasteiger partial charge < -0.3 is 4.90 Å². The van der Waals surface area contributed by atoms with Crippen LogP contribution in [0.1, 0.15) is 97.6 Å². The standard InChI is InChI=1S/C24H39N/c1-16(2)20-10-9-11-21(17(3)4)22(20)25-15-24(18(5)6)13-12-23(25,8)14-19(24)7/h9-11,16-19H,12-15H2,1-8H3/t19-,23-,24-/m1/s1. The van der Waals surface area contributed by atoms with E-state index in [9.17, 15) is 0 Å². The minimum absolute atomic E-state index is 0.324. The molecule has 2 bridgehead atoms. The van der Waals surface area contributed by atoms with Crippen molar-refractivity contribution >= 4 is 5.69 Å². The van der Waals surface area contributed by atoms with Gasteiger partial charge in [0.15, 0.2) is 0 Å². The van der Waals surface area contributed by atoms with Gasteiger partial charge >= 0.3 is 0 Å². The summed E-state index contributed by atoms with van der Waals surface area (Å²) in [5.41, 5.74) is 5.48. The van der Waals surface area contributed by atoms with Gasteiger partial charge in [0.05, 0.1) is 0 Å². The summed E-state index contributed by atoms with van der Waals surface area (Å²) in [5, 5.41) is 0. The van der Waals surface area contributed by atoms with Crippen LogP contribution in [0.2, 0.25) is 0 Å². The van der Waals surface area contributed by atoms with Gasteiger partial charge in [-0.3, -0.25) is 0 Å². The molecular formula is C24H39N. The molecule has 3 aliphatic rings. The molecule has 1 saturated carbocycles. The highest BCUT2D eigenvalue weighted by Gasteiger charge is 2.56. The number of anilines is 1. The lowest BCUT2D eigenvalue weighted by Gasteiger charge is -2.64. The molecule has 2 aliphatic heterocycles. The van der Waals surface area contributed by atoms with E-state index in [4.69, 9.17) is 0 Å². The first-order chi connectivity index (χ1) is 11.6. The highest BCUT2D eigenvalue weighted by Crippen LogP contribution is 2.59. The molecule has 1 aromatic rings. The van der Waals surface area contributed by atoms with Crippen molar-refractivity contribution in [2.45, 2.75) is 92.0 Å². The van der Waals surface area contributed by atoms with Gasteiger partial charge in [0.25, 0.3) is 0 Å². The topological polar surface area (TPSA) is 3.24 Å². The zero-order chi connectivity index (χ0) is 18.6. The normalized spacial score (nSPS) is 32.3. The molecule has 1 aromatic carbocycles. The van der Waals surface area contributed by atoms with Crippen molar-refractivity contribution in [3.63, 3.8) is 0 Å². The lowest BCUT2D eigenvalue weighted by molar-refractivity contribution is -0.0212. The van der Waals surface area contributed by atoms with Gasteiger partial charge in [0.2, 0.25) is 0 Å². The Bertz CT molecular complexity index is 603. The van der Waals surface area contributed by atoms with Crippen LogP contribution >= 0.6 is 0 Å². The molecule has 3 atom stereocenters. The molecule has 1 heteroatoms. The molecule has 3 fully saturated rings. The number of fused-ring (bicyclic) bond motifs is 3. The number of para-hydroxylation sites is 1. The molecule has 25 heavy (non-hydrogen) atoms. The Morgan fingerprint density at radius 2 is 1.52 bits per heavy atom. The van der Waals surface area contributed by atoms with Crippen LogP contribution in [0.25, 0.3) is 0 Å². The van der Waals surface area contributed by atoms with Crippen LogP contribution in [0.3, 0.4) is 0 Å². The Hall–Kier alpha value is -0.980. The van der Waals surface area contributed by atoms with Crippen LogP contribution < -0.4 is 4.90 Å². The van der Waals surface area contributed by atoms with Crippen LogP contribution in [0.5, 0.6) is 0 Å². The van der Waals surface area contributed by atoms with Crippen LogP contribution in [0, 0.1) is 17.3 Å². The zero-order valence-corrected chi connectivity index (χ0v) is 17.8. The Balaban J connectivity index is 2.16. The van der Waals surface area contributed by atoms with Crippen LogP contribution in [0.15, 0.2) is 18.2 Å². The summed E-state index contributed by atoms with van der Waals surface area (Å²) >= 11 is 0. The smallest absolute Gasteiger partial charge is 0.0441 e. The molecule has 2 saturated heterocycles. The van der Waals surface area contributed by atoms with Crippen molar-refractivity contribution in [1.29, 1.82) is 0 Å². The zero-order valence-electron chi connectivity index (χ0n) is 17.8. The SMILES string of the molecule is CC(C)c1cccc(C(C)C)c1N1C[C@@]2(C(C)C)CC[C@]1(C)C[C@H]2C. The fraction of sp³-hybridized carbons (Fsp3) is 0.750.